The Bertz CT molecular complexity index is 582. The lowest BCUT2D eigenvalue weighted by Crippen LogP contribution is -2.06. The topological polar surface area (TPSA) is 38.7 Å². The van der Waals surface area contributed by atoms with Crippen molar-refractivity contribution >= 4 is 11.3 Å². The maximum absolute atomic E-state index is 8.69. The van der Waals surface area contributed by atoms with Crippen molar-refractivity contribution in [2.24, 2.45) is 0 Å². The Hall–Kier alpha value is -1.80. The first-order valence-corrected chi connectivity index (χ1v) is 7.69. The molecule has 1 aromatic heterocycles. The van der Waals surface area contributed by atoms with Crippen LogP contribution in [-0.2, 0) is 11.3 Å². The summed E-state index contributed by atoms with van der Waals surface area (Å²) in [5, 5.41) is 10.7. The Balaban J connectivity index is 1.70. The van der Waals surface area contributed by atoms with Gasteiger partial charge in [0, 0.05) is 16.9 Å². The number of thiophene rings is 1. The van der Waals surface area contributed by atoms with Gasteiger partial charge in [0.15, 0.2) is 0 Å². The van der Waals surface area contributed by atoms with E-state index in [4.69, 9.17) is 14.6 Å². The molecule has 0 saturated heterocycles. The van der Waals surface area contributed by atoms with Crippen LogP contribution in [0.25, 0.3) is 0 Å². The number of rotatable bonds is 7. The molecule has 0 bridgehead atoms. The van der Waals surface area contributed by atoms with Crippen LogP contribution < -0.4 is 4.74 Å². The first kappa shape index (κ1) is 15.6. The molecule has 1 aromatic carbocycles. The molecule has 2 aromatic rings. The molecule has 0 atom stereocenters. The zero-order chi connectivity index (χ0) is 14.8. The average molecular weight is 302 g/mol. The van der Waals surface area contributed by atoms with Crippen molar-refractivity contribution < 1.29 is 14.6 Å². The van der Waals surface area contributed by atoms with E-state index in [9.17, 15) is 0 Å². The highest BCUT2D eigenvalue weighted by atomic mass is 32.1. The molecule has 0 aliphatic carbocycles. The number of aliphatic hydroxyl groups excluding tert-OH is 1. The van der Waals surface area contributed by atoms with Crippen molar-refractivity contribution in [2.75, 3.05) is 19.8 Å². The van der Waals surface area contributed by atoms with E-state index in [1.807, 2.05) is 35.7 Å². The van der Waals surface area contributed by atoms with E-state index in [1.54, 1.807) is 11.3 Å². The lowest BCUT2D eigenvalue weighted by atomic mass is 10.2. The minimum absolute atomic E-state index is 0.0881. The molecular weight excluding hydrogens is 284 g/mol. The molecule has 4 heteroatoms. The van der Waals surface area contributed by atoms with Gasteiger partial charge >= 0.3 is 0 Å². The van der Waals surface area contributed by atoms with E-state index in [1.165, 1.54) is 4.88 Å². The normalized spacial score (nSPS) is 9.95. The van der Waals surface area contributed by atoms with Gasteiger partial charge in [0.05, 0.1) is 19.8 Å². The molecule has 0 saturated carbocycles. The second kappa shape index (κ2) is 9.19. The van der Waals surface area contributed by atoms with Gasteiger partial charge < -0.3 is 14.6 Å². The molecule has 1 N–H and O–H groups in total. The van der Waals surface area contributed by atoms with Crippen LogP contribution in [0.4, 0.5) is 0 Å². The van der Waals surface area contributed by atoms with Crippen LogP contribution in [0.5, 0.6) is 5.75 Å². The molecular formula is C17H18O3S. The highest BCUT2D eigenvalue weighted by molar-refractivity contribution is 7.09. The van der Waals surface area contributed by atoms with Crippen molar-refractivity contribution in [3.8, 4) is 17.6 Å². The maximum atomic E-state index is 8.69. The molecule has 21 heavy (non-hydrogen) atoms. The quantitative estimate of drug-likeness (QED) is 0.631. The molecule has 0 fully saturated rings. The smallest absolute Gasteiger partial charge is 0.120 e. The van der Waals surface area contributed by atoms with Crippen LogP contribution in [-0.4, -0.2) is 24.9 Å². The number of hydrogen-bond donors (Lipinski definition) is 1. The zero-order valence-electron chi connectivity index (χ0n) is 11.7. The fourth-order valence-electron chi connectivity index (χ4n) is 1.67. The third-order valence-electron chi connectivity index (χ3n) is 2.62. The fraction of sp³-hybridized carbons (Fsp3) is 0.294. The monoisotopic (exact) mass is 302 g/mol. The summed E-state index contributed by atoms with van der Waals surface area (Å²) >= 11 is 1.69. The first-order chi connectivity index (χ1) is 10.4. The van der Waals surface area contributed by atoms with Gasteiger partial charge in [-0.25, -0.2) is 0 Å². The van der Waals surface area contributed by atoms with E-state index in [-0.39, 0.29) is 6.61 Å². The highest BCUT2D eigenvalue weighted by Gasteiger charge is 1.97. The van der Waals surface area contributed by atoms with Crippen LogP contribution in [0.1, 0.15) is 16.9 Å². The van der Waals surface area contributed by atoms with E-state index in [0.717, 1.165) is 11.3 Å². The zero-order valence-corrected chi connectivity index (χ0v) is 12.6. The number of benzene rings is 1. The lowest BCUT2D eigenvalue weighted by molar-refractivity contribution is 0.0905. The molecule has 0 aliphatic heterocycles. The molecule has 3 nitrogen and oxygen atoms in total. The van der Waals surface area contributed by atoms with Crippen molar-refractivity contribution in [1.82, 2.24) is 0 Å². The predicted molar refractivity (Wildman–Crippen MR) is 84.5 cm³/mol. The first-order valence-electron chi connectivity index (χ1n) is 6.81. The third kappa shape index (κ3) is 6.01. The van der Waals surface area contributed by atoms with Gasteiger partial charge in [-0.1, -0.05) is 24.0 Å². The van der Waals surface area contributed by atoms with Gasteiger partial charge in [-0.3, -0.25) is 0 Å². The predicted octanol–water partition coefficient (Wildman–Crippen LogP) is 3.08. The average Bonchev–Trinajstić information content (AvgIpc) is 3.01. The molecule has 0 radical (unpaired) electrons. The van der Waals surface area contributed by atoms with E-state index >= 15 is 0 Å². The van der Waals surface area contributed by atoms with Gasteiger partial charge in [0.1, 0.15) is 12.4 Å². The molecule has 0 unspecified atom stereocenters. The number of hydrogen-bond acceptors (Lipinski definition) is 4. The summed E-state index contributed by atoms with van der Waals surface area (Å²) in [6, 6.07) is 11.7. The molecule has 110 valence electrons. The molecule has 2 rings (SSSR count). The van der Waals surface area contributed by atoms with Gasteiger partial charge in [0.2, 0.25) is 0 Å². The maximum Gasteiger partial charge on any atom is 0.120 e. The van der Waals surface area contributed by atoms with Crippen molar-refractivity contribution in [2.45, 2.75) is 13.0 Å². The Morgan fingerprint density at radius 1 is 1.14 bits per heavy atom. The van der Waals surface area contributed by atoms with Crippen molar-refractivity contribution in [3.63, 3.8) is 0 Å². The number of ether oxygens (including phenoxy) is 2. The summed E-state index contributed by atoms with van der Waals surface area (Å²) in [6.07, 6.45) is 0.488. The Labute approximate surface area is 129 Å². The van der Waals surface area contributed by atoms with Crippen LogP contribution in [0, 0.1) is 11.8 Å². The second-order valence-corrected chi connectivity index (χ2v) is 5.32. The highest BCUT2D eigenvalue weighted by Crippen LogP contribution is 2.13. The Morgan fingerprint density at radius 2 is 2.10 bits per heavy atom. The molecule has 0 spiro atoms. The summed E-state index contributed by atoms with van der Waals surface area (Å²) in [5.74, 6) is 6.66. The third-order valence-corrected chi connectivity index (χ3v) is 3.47. The van der Waals surface area contributed by atoms with Gasteiger partial charge in [0.25, 0.3) is 0 Å². The number of aliphatic hydroxyl groups is 1. The summed E-state index contributed by atoms with van der Waals surface area (Å²) < 4.78 is 11.2. The minimum Gasteiger partial charge on any atom is -0.491 e. The van der Waals surface area contributed by atoms with Crippen LogP contribution in [0.2, 0.25) is 0 Å². The van der Waals surface area contributed by atoms with Gasteiger partial charge in [-0.2, -0.15) is 0 Å². The van der Waals surface area contributed by atoms with Crippen LogP contribution >= 0.6 is 11.3 Å². The van der Waals surface area contributed by atoms with Crippen LogP contribution in [0.15, 0.2) is 41.8 Å². The summed E-state index contributed by atoms with van der Waals surface area (Å²) in [5.41, 5.74) is 0.889. The largest absolute Gasteiger partial charge is 0.491 e. The standard InChI is InChI=1S/C17H18O3S/c18-9-2-1-5-15-6-3-7-16(13-15)20-11-10-19-14-17-8-4-12-21-17/h3-4,6-8,12-13,18H,2,9-11,14H2. The van der Waals surface area contributed by atoms with E-state index in [2.05, 4.69) is 17.9 Å². The summed E-state index contributed by atoms with van der Waals surface area (Å²) in [4.78, 5) is 1.22. The Kier molecular flexibility index (Phi) is 6.82. The SMILES string of the molecule is OCCC#Cc1cccc(OCCOCc2cccs2)c1. The summed E-state index contributed by atoms with van der Waals surface area (Å²) in [6.45, 7) is 1.79. The van der Waals surface area contributed by atoms with E-state index in [0.29, 0.717) is 26.2 Å². The van der Waals surface area contributed by atoms with E-state index < -0.39 is 0 Å². The van der Waals surface area contributed by atoms with Crippen molar-refractivity contribution in [1.29, 1.82) is 0 Å². The minimum atomic E-state index is 0.0881. The lowest BCUT2D eigenvalue weighted by Gasteiger charge is -2.07. The molecule has 0 aliphatic rings. The summed E-state index contributed by atoms with van der Waals surface area (Å²) in [7, 11) is 0. The second-order valence-electron chi connectivity index (χ2n) is 4.28. The van der Waals surface area contributed by atoms with Crippen molar-refractivity contribution in [3.05, 3.63) is 52.2 Å². The molecule has 1 heterocycles. The molecule has 0 amide bonds. The fourth-order valence-corrected chi connectivity index (χ4v) is 2.31. The van der Waals surface area contributed by atoms with Gasteiger partial charge in [-0.05, 0) is 29.6 Å². The van der Waals surface area contributed by atoms with Crippen LogP contribution in [0.3, 0.4) is 0 Å². The Morgan fingerprint density at radius 3 is 2.90 bits per heavy atom. The van der Waals surface area contributed by atoms with Gasteiger partial charge in [-0.15, -0.1) is 11.3 Å².